The van der Waals surface area contributed by atoms with E-state index >= 15 is 0 Å². The van der Waals surface area contributed by atoms with Gasteiger partial charge in [-0.1, -0.05) is 30.3 Å². The standard InChI is InChI=1S/C31H53N7O4/c1-7-32-29(33-18-11-19-36(5)6)38-22-26(35-41-23-24-12-9-8-10-13-24)14-15-27(38)28(39)34-25-16-20-37(21-17-25)30(40)42-31(2,3)4/h8-10,12-13,25-27,35H,7,11,14-23H2,1-6H3,(H,32,33)(H,34,39)/t26-,27+/m1/s1. The Balaban J connectivity index is 1.63. The van der Waals surface area contributed by atoms with Crippen LogP contribution in [0, 0.1) is 0 Å². The van der Waals surface area contributed by atoms with E-state index in [9.17, 15) is 9.59 Å². The summed E-state index contributed by atoms with van der Waals surface area (Å²) in [5, 5.41) is 6.71. The van der Waals surface area contributed by atoms with E-state index in [-0.39, 0.29) is 30.1 Å². The zero-order valence-corrected chi connectivity index (χ0v) is 26.5. The number of rotatable bonds is 11. The number of guanidine groups is 1. The molecule has 0 saturated carbocycles. The fourth-order valence-electron chi connectivity index (χ4n) is 5.20. The molecular formula is C31H53N7O4. The molecule has 3 rings (SSSR count). The zero-order chi connectivity index (χ0) is 30.5. The van der Waals surface area contributed by atoms with E-state index in [1.165, 1.54) is 0 Å². The summed E-state index contributed by atoms with van der Waals surface area (Å²) in [5.74, 6) is 0.763. The van der Waals surface area contributed by atoms with Crippen LogP contribution in [-0.4, -0.2) is 110 Å². The van der Waals surface area contributed by atoms with Crippen molar-refractivity contribution in [3.8, 4) is 0 Å². The molecule has 2 heterocycles. The van der Waals surface area contributed by atoms with Gasteiger partial charge in [-0.15, -0.1) is 0 Å². The molecule has 2 atom stereocenters. The quantitative estimate of drug-likeness (QED) is 0.157. The molecule has 2 saturated heterocycles. The molecule has 0 spiro atoms. The smallest absolute Gasteiger partial charge is 0.410 e. The first-order valence-electron chi connectivity index (χ1n) is 15.4. The molecule has 1 aromatic carbocycles. The number of benzene rings is 1. The van der Waals surface area contributed by atoms with Crippen molar-refractivity contribution >= 4 is 18.0 Å². The third-order valence-corrected chi connectivity index (χ3v) is 7.34. The van der Waals surface area contributed by atoms with E-state index < -0.39 is 5.60 Å². The van der Waals surface area contributed by atoms with Crippen molar-refractivity contribution in [3.05, 3.63) is 35.9 Å². The summed E-state index contributed by atoms with van der Waals surface area (Å²) < 4.78 is 5.52. The predicted octanol–water partition coefficient (Wildman–Crippen LogP) is 2.97. The molecule has 1 aromatic rings. The second kappa shape index (κ2) is 16.7. The first-order chi connectivity index (χ1) is 20.1. The van der Waals surface area contributed by atoms with E-state index in [0.29, 0.717) is 58.6 Å². The van der Waals surface area contributed by atoms with Gasteiger partial charge in [0.05, 0.1) is 6.61 Å². The van der Waals surface area contributed by atoms with Gasteiger partial charge in [0.2, 0.25) is 5.91 Å². The van der Waals surface area contributed by atoms with Crippen LogP contribution in [0.25, 0.3) is 0 Å². The average Bonchev–Trinajstić information content (AvgIpc) is 2.94. The number of hydrogen-bond donors (Lipinski definition) is 3. The Morgan fingerprint density at radius 2 is 1.76 bits per heavy atom. The van der Waals surface area contributed by atoms with Gasteiger partial charge in [0.1, 0.15) is 11.6 Å². The molecule has 42 heavy (non-hydrogen) atoms. The van der Waals surface area contributed by atoms with Crippen LogP contribution < -0.4 is 16.1 Å². The molecule has 2 amide bonds. The lowest BCUT2D eigenvalue weighted by atomic mass is 9.97. The minimum Gasteiger partial charge on any atom is -0.444 e. The Labute approximate surface area is 252 Å². The second-order valence-electron chi connectivity index (χ2n) is 12.5. The number of likely N-dealkylation sites (tertiary alicyclic amines) is 2. The average molecular weight is 588 g/mol. The van der Waals surface area contributed by atoms with E-state index in [2.05, 4.69) is 40.0 Å². The Hall–Kier alpha value is -2.89. The minimum atomic E-state index is -0.524. The Morgan fingerprint density at radius 3 is 2.40 bits per heavy atom. The molecule has 11 heteroatoms. The molecule has 2 aliphatic heterocycles. The molecule has 2 fully saturated rings. The monoisotopic (exact) mass is 587 g/mol. The number of hydrogen-bond acceptors (Lipinski definition) is 7. The van der Waals surface area contributed by atoms with E-state index in [4.69, 9.17) is 14.6 Å². The summed E-state index contributed by atoms with van der Waals surface area (Å²) in [7, 11) is 4.12. The van der Waals surface area contributed by atoms with Crippen molar-refractivity contribution < 1.29 is 19.2 Å². The molecule has 0 aliphatic carbocycles. The van der Waals surface area contributed by atoms with Crippen LogP contribution >= 0.6 is 0 Å². The number of carbonyl (C=O) groups excluding carboxylic acids is 2. The highest BCUT2D eigenvalue weighted by Crippen LogP contribution is 2.21. The number of piperidine rings is 2. The summed E-state index contributed by atoms with van der Waals surface area (Å²) in [6, 6.07) is 9.80. The molecule has 11 nitrogen and oxygen atoms in total. The van der Waals surface area contributed by atoms with Crippen LogP contribution in [-0.2, 0) is 21.0 Å². The molecule has 0 aromatic heterocycles. The van der Waals surface area contributed by atoms with Gasteiger partial charge in [-0.2, -0.15) is 5.48 Å². The predicted molar refractivity (Wildman–Crippen MR) is 166 cm³/mol. The highest BCUT2D eigenvalue weighted by Gasteiger charge is 2.37. The van der Waals surface area contributed by atoms with Gasteiger partial charge in [0.15, 0.2) is 5.96 Å². The van der Waals surface area contributed by atoms with Gasteiger partial charge in [-0.25, -0.2) is 4.79 Å². The second-order valence-corrected chi connectivity index (χ2v) is 12.5. The highest BCUT2D eigenvalue weighted by molar-refractivity contribution is 5.89. The van der Waals surface area contributed by atoms with E-state index in [1.54, 1.807) is 4.90 Å². The Morgan fingerprint density at radius 1 is 1.05 bits per heavy atom. The Kier molecular flexibility index (Phi) is 13.3. The van der Waals surface area contributed by atoms with Crippen molar-refractivity contribution in [3.63, 3.8) is 0 Å². The highest BCUT2D eigenvalue weighted by atomic mass is 16.6. The molecular weight excluding hydrogens is 534 g/mol. The summed E-state index contributed by atoms with van der Waals surface area (Å²) in [5.41, 5.74) is 3.82. The van der Waals surface area contributed by atoms with Gasteiger partial charge in [-0.05, 0) is 86.0 Å². The van der Waals surface area contributed by atoms with Crippen molar-refractivity contribution in [1.29, 1.82) is 0 Å². The van der Waals surface area contributed by atoms with Crippen molar-refractivity contribution in [2.75, 3.05) is 53.4 Å². The van der Waals surface area contributed by atoms with Crippen LogP contribution in [0.3, 0.4) is 0 Å². The van der Waals surface area contributed by atoms with Gasteiger partial charge < -0.3 is 30.1 Å². The summed E-state index contributed by atoms with van der Waals surface area (Å²) in [6.45, 7) is 12.2. The molecule has 0 bridgehead atoms. The fraction of sp³-hybridized carbons (Fsp3) is 0.710. The van der Waals surface area contributed by atoms with E-state index in [1.807, 2.05) is 58.0 Å². The van der Waals surface area contributed by atoms with Gasteiger partial charge in [-0.3, -0.25) is 14.6 Å². The van der Waals surface area contributed by atoms with Crippen molar-refractivity contribution in [1.82, 2.24) is 30.8 Å². The maximum absolute atomic E-state index is 13.7. The topological polar surface area (TPSA) is 111 Å². The minimum absolute atomic E-state index is 0.00765. The molecule has 0 unspecified atom stereocenters. The number of ether oxygens (including phenoxy) is 1. The number of aliphatic imine (C=N–C) groups is 1. The maximum atomic E-state index is 13.7. The van der Waals surface area contributed by atoms with Crippen LogP contribution in [0.15, 0.2) is 35.3 Å². The van der Waals surface area contributed by atoms with Crippen molar-refractivity contribution in [2.24, 2.45) is 4.99 Å². The van der Waals surface area contributed by atoms with Gasteiger partial charge in [0, 0.05) is 44.8 Å². The Bertz CT molecular complexity index is 991. The molecule has 3 N–H and O–H groups in total. The SMILES string of the molecule is CCNC(=NCCCN(C)C)N1C[C@H](NOCc2ccccc2)CC[C@H]1C(=O)NC1CCN(C(=O)OC(C)(C)C)CC1. The van der Waals surface area contributed by atoms with Gasteiger partial charge >= 0.3 is 6.09 Å². The van der Waals surface area contributed by atoms with Crippen LogP contribution in [0.2, 0.25) is 0 Å². The lowest BCUT2D eigenvalue weighted by Gasteiger charge is -2.41. The summed E-state index contributed by atoms with van der Waals surface area (Å²) in [4.78, 5) is 42.9. The van der Waals surface area contributed by atoms with E-state index in [0.717, 1.165) is 30.9 Å². The zero-order valence-electron chi connectivity index (χ0n) is 26.5. The van der Waals surface area contributed by atoms with Crippen LogP contribution in [0.1, 0.15) is 65.4 Å². The molecule has 0 radical (unpaired) electrons. The largest absolute Gasteiger partial charge is 0.444 e. The molecule has 236 valence electrons. The first kappa shape index (κ1) is 33.6. The number of hydroxylamine groups is 1. The lowest BCUT2D eigenvalue weighted by Crippen LogP contribution is -2.61. The maximum Gasteiger partial charge on any atom is 0.410 e. The van der Waals surface area contributed by atoms with Gasteiger partial charge in [0.25, 0.3) is 0 Å². The van der Waals surface area contributed by atoms with Crippen molar-refractivity contribution in [2.45, 2.75) is 90.1 Å². The first-order valence-corrected chi connectivity index (χ1v) is 15.4. The molecule has 2 aliphatic rings. The summed E-state index contributed by atoms with van der Waals surface area (Å²) in [6.07, 6.45) is 3.53. The third-order valence-electron chi connectivity index (χ3n) is 7.34. The fourth-order valence-corrected chi connectivity index (χ4v) is 5.20. The third kappa shape index (κ3) is 11.4. The van der Waals surface area contributed by atoms with Crippen LogP contribution in [0.4, 0.5) is 4.79 Å². The normalized spacial score (nSPS) is 20.5. The summed E-state index contributed by atoms with van der Waals surface area (Å²) >= 11 is 0. The number of amides is 2. The lowest BCUT2D eigenvalue weighted by molar-refractivity contribution is -0.128. The number of nitrogens with zero attached hydrogens (tertiary/aromatic N) is 4. The number of carbonyl (C=O) groups is 2. The number of nitrogens with one attached hydrogen (secondary N) is 3. The van der Waals surface area contributed by atoms with Crippen LogP contribution in [0.5, 0.6) is 0 Å².